The molecular formula is C28H28N2O2S. The van der Waals surface area contributed by atoms with Crippen LogP contribution in [0, 0.1) is 5.92 Å². The normalized spacial score (nSPS) is 18.3. The largest absolute Gasteiger partial charge is 0.393 e. The second kappa shape index (κ2) is 9.86. The van der Waals surface area contributed by atoms with Gasteiger partial charge >= 0.3 is 0 Å². The lowest BCUT2D eigenvalue weighted by molar-refractivity contribution is 0.0663. The molecule has 5 heteroatoms. The third-order valence-electron chi connectivity index (χ3n) is 6.48. The lowest BCUT2D eigenvalue weighted by Gasteiger charge is -2.27. The van der Waals surface area contributed by atoms with Gasteiger partial charge < -0.3 is 10.4 Å². The number of hydrogen-bond donors (Lipinski definition) is 2. The average Bonchev–Trinajstić information content (AvgIpc) is 3.23. The van der Waals surface area contributed by atoms with Gasteiger partial charge in [0.25, 0.3) is 5.91 Å². The van der Waals surface area contributed by atoms with Crippen molar-refractivity contribution >= 4 is 28.8 Å². The van der Waals surface area contributed by atoms with Crippen LogP contribution in [0.15, 0.2) is 90.0 Å². The Kier molecular flexibility index (Phi) is 6.51. The Morgan fingerprint density at radius 1 is 0.939 bits per heavy atom. The van der Waals surface area contributed by atoms with Crippen LogP contribution in [0.3, 0.4) is 0 Å². The van der Waals surface area contributed by atoms with Crippen molar-refractivity contribution in [3.63, 3.8) is 0 Å². The van der Waals surface area contributed by atoms with Crippen molar-refractivity contribution in [3.8, 4) is 11.1 Å². The first-order chi connectivity index (χ1) is 16.2. The minimum Gasteiger partial charge on any atom is -0.393 e. The predicted molar refractivity (Wildman–Crippen MR) is 135 cm³/mol. The van der Waals surface area contributed by atoms with Crippen molar-refractivity contribution in [2.24, 2.45) is 5.92 Å². The number of fused-ring (bicyclic) bond motifs is 1. The number of para-hydroxylation sites is 1. The lowest BCUT2D eigenvalue weighted by atomic mass is 9.86. The maximum Gasteiger partial charge on any atom is 0.251 e. The fraction of sp³-hybridized carbons (Fsp3) is 0.250. The molecule has 2 atom stereocenters. The number of aliphatic hydroxyl groups is 1. The van der Waals surface area contributed by atoms with E-state index in [1.807, 2.05) is 30.3 Å². The van der Waals surface area contributed by atoms with Gasteiger partial charge in [0.1, 0.15) is 0 Å². The number of aliphatic hydroxyl groups excluding tert-OH is 1. The van der Waals surface area contributed by atoms with Gasteiger partial charge in [-0.1, -0.05) is 61.4 Å². The number of nitrogens with one attached hydrogen (secondary N) is 1. The van der Waals surface area contributed by atoms with Crippen LogP contribution >= 0.6 is 11.9 Å². The number of nitrogens with zero attached hydrogens (tertiary/aromatic N) is 1. The molecule has 1 amide bonds. The van der Waals surface area contributed by atoms with Gasteiger partial charge in [-0.3, -0.25) is 8.77 Å². The highest BCUT2D eigenvalue weighted by molar-refractivity contribution is 7.98. The summed E-state index contributed by atoms with van der Waals surface area (Å²) >= 11 is 1.64. The fourth-order valence-corrected chi connectivity index (χ4v) is 5.51. The van der Waals surface area contributed by atoms with Gasteiger partial charge in [0.05, 0.1) is 11.6 Å². The number of carbonyl (C=O) groups excluding carboxylic acids is 1. The van der Waals surface area contributed by atoms with Gasteiger partial charge in [0.2, 0.25) is 0 Å². The molecule has 1 aliphatic carbocycles. The summed E-state index contributed by atoms with van der Waals surface area (Å²) in [5.74, 6) is 0.0838. The van der Waals surface area contributed by atoms with Gasteiger partial charge in [0.15, 0.2) is 0 Å². The van der Waals surface area contributed by atoms with Crippen molar-refractivity contribution in [1.29, 1.82) is 0 Å². The zero-order valence-corrected chi connectivity index (χ0v) is 19.3. The van der Waals surface area contributed by atoms with E-state index in [2.05, 4.69) is 64.0 Å². The molecule has 2 N–H and O–H groups in total. The van der Waals surface area contributed by atoms with Crippen molar-refractivity contribution in [2.75, 3.05) is 6.54 Å². The first-order valence-corrected chi connectivity index (χ1v) is 12.4. The van der Waals surface area contributed by atoms with Crippen LogP contribution in [0.1, 0.15) is 36.0 Å². The van der Waals surface area contributed by atoms with Crippen LogP contribution in [0.4, 0.5) is 0 Å². The number of carbonyl (C=O) groups is 1. The van der Waals surface area contributed by atoms with Crippen molar-refractivity contribution in [2.45, 2.75) is 36.7 Å². The summed E-state index contributed by atoms with van der Waals surface area (Å²) in [7, 11) is 0. The summed E-state index contributed by atoms with van der Waals surface area (Å²) < 4.78 is 2.19. The molecule has 1 heterocycles. The van der Waals surface area contributed by atoms with Crippen LogP contribution < -0.4 is 5.32 Å². The first-order valence-electron chi connectivity index (χ1n) is 11.6. The molecule has 0 spiro atoms. The quantitative estimate of drug-likeness (QED) is 0.366. The molecule has 1 saturated carbocycles. The zero-order chi connectivity index (χ0) is 22.6. The topological polar surface area (TPSA) is 54.3 Å². The molecule has 1 fully saturated rings. The summed E-state index contributed by atoms with van der Waals surface area (Å²) in [4.78, 5) is 13.7. The zero-order valence-electron chi connectivity index (χ0n) is 18.5. The molecule has 0 saturated heterocycles. The van der Waals surface area contributed by atoms with Crippen LogP contribution in [-0.4, -0.2) is 27.6 Å². The predicted octanol–water partition coefficient (Wildman–Crippen LogP) is 6.14. The highest BCUT2D eigenvalue weighted by atomic mass is 32.2. The SMILES string of the molecule is O=C(NC[C@H]1CCCC[C@@H]1O)c1ccc(Sn2cc(-c3ccccc3)c3ccccc32)cc1. The molecule has 5 rings (SSSR count). The highest BCUT2D eigenvalue weighted by Gasteiger charge is 2.23. The summed E-state index contributed by atoms with van der Waals surface area (Å²) in [5.41, 5.74) is 4.21. The van der Waals surface area contributed by atoms with Gasteiger partial charge in [0, 0.05) is 40.1 Å². The molecule has 33 heavy (non-hydrogen) atoms. The second-order valence-electron chi connectivity index (χ2n) is 8.69. The number of rotatable bonds is 6. The molecule has 3 aromatic carbocycles. The molecule has 4 nitrogen and oxygen atoms in total. The molecule has 4 aromatic rings. The standard InChI is InChI=1S/C28H28N2O2S/c31-27-13-7-4-10-22(27)18-29-28(32)21-14-16-23(17-15-21)33-30-19-25(20-8-2-1-3-9-20)24-11-5-6-12-26(24)30/h1-3,5-6,8-9,11-12,14-17,19,22,27,31H,4,7,10,13,18H2,(H,29,32)/t22-,27+/m1/s1. The monoisotopic (exact) mass is 456 g/mol. The van der Waals surface area contributed by atoms with Crippen LogP contribution in [0.2, 0.25) is 0 Å². The van der Waals surface area contributed by atoms with Crippen LogP contribution in [0.25, 0.3) is 22.0 Å². The van der Waals surface area contributed by atoms with E-state index in [9.17, 15) is 9.90 Å². The molecule has 0 bridgehead atoms. The van der Waals surface area contributed by atoms with Crippen LogP contribution in [-0.2, 0) is 0 Å². The summed E-state index contributed by atoms with van der Waals surface area (Å²) in [5, 5.41) is 14.3. The van der Waals surface area contributed by atoms with Gasteiger partial charge in [-0.05, 0) is 60.7 Å². The molecule has 1 aliphatic rings. The van der Waals surface area contributed by atoms with E-state index in [4.69, 9.17) is 0 Å². The Labute approximate surface area is 198 Å². The highest BCUT2D eigenvalue weighted by Crippen LogP contribution is 2.35. The molecule has 0 radical (unpaired) electrons. The fourth-order valence-electron chi connectivity index (χ4n) is 4.61. The first kappa shape index (κ1) is 21.8. The average molecular weight is 457 g/mol. The van der Waals surface area contributed by atoms with Crippen molar-refractivity contribution in [1.82, 2.24) is 9.29 Å². The van der Waals surface area contributed by atoms with Crippen molar-refractivity contribution in [3.05, 3.63) is 90.6 Å². The van der Waals surface area contributed by atoms with E-state index in [0.29, 0.717) is 12.1 Å². The van der Waals surface area contributed by atoms with E-state index >= 15 is 0 Å². The molecule has 0 unspecified atom stereocenters. The number of benzene rings is 3. The minimum absolute atomic E-state index is 0.0814. The van der Waals surface area contributed by atoms with E-state index < -0.39 is 0 Å². The molecule has 168 valence electrons. The number of aromatic nitrogens is 1. The lowest BCUT2D eigenvalue weighted by Crippen LogP contribution is -2.36. The number of amides is 1. The van der Waals surface area contributed by atoms with Gasteiger partial charge in [-0.15, -0.1) is 0 Å². The summed E-state index contributed by atoms with van der Waals surface area (Å²) in [6.07, 6.45) is 5.91. The molecule has 1 aromatic heterocycles. The Hall–Kier alpha value is -3.02. The summed E-state index contributed by atoms with van der Waals surface area (Å²) in [6, 6.07) is 26.6. The van der Waals surface area contributed by atoms with Crippen molar-refractivity contribution < 1.29 is 9.90 Å². The molecular weight excluding hydrogens is 428 g/mol. The maximum atomic E-state index is 12.6. The minimum atomic E-state index is -0.296. The Bertz CT molecular complexity index is 1230. The Morgan fingerprint density at radius 2 is 1.67 bits per heavy atom. The molecule has 0 aliphatic heterocycles. The van der Waals surface area contributed by atoms with E-state index in [0.717, 1.165) is 36.1 Å². The number of hydrogen-bond acceptors (Lipinski definition) is 3. The third-order valence-corrected chi connectivity index (χ3v) is 7.46. The van der Waals surface area contributed by atoms with E-state index in [1.165, 1.54) is 16.5 Å². The summed E-state index contributed by atoms with van der Waals surface area (Å²) in [6.45, 7) is 0.536. The Morgan fingerprint density at radius 3 is 2.45 bits per heavy atom. The third kappa shape index (κ3) is 4.85. The Balaban J connectivity index is 1.30. The smallest absolute Gasteiger partial charge is 0.251 e. The second-order valence-corrected chi connectivity index (χ2v) is 9.74. The maximum absolute atomic E-state index is 12.6. The van der Waals surface area contributed by atoms with E-state index in [-0.39, 0.29) is 17.9 Å². The van der Waals surface area contributed by atoms with Gasteiger partial charge in [-0.25, -0.2) is 0 Å². The van der Waals surface area contributed by atoms with Gasteiger partial charge in [-0.2, -0.15) is 0 Å². The van der Waals surface area contributed by atoms with E-state index in [1.54, 1.807) is 11.9 Å². The van der Waals surface area contributed by atoms with Crippen LogP contribution in [0.5, 0.6) is 0 Å².